The van der Waals surface area contributed by atoms with Crippen LogP contribution in [0.2, 0.25) is 0 Å². The zero-order valence-electron chi connectivity index (χ0n) is 12.5. The van der Waals surface area contributed by atoms with E-state index in [2.05, 4.69) is 22.2 Å². The van der Waals surface area contributed by atoms with Crippen molar-refractivity contribution in [3.63, 3.8) is 0 Å². The standard InChI is InChI=1S/C14H23N5O2/c1-2-5-19-13(3-4-15-19)16-14(20)18-7-6-17-8-9-21-11-12(17)10-18/h3-4,12H,2,5-11H2,1H3,(H,16,20). The maximum Gasteiger partial charge on any atom is 0.323 e. The second kappa shape index (κ2) is 6.44. The molecule has 0 saturated carbocycles. The summed E-state index contributed by atoms with van der Waals surface area (Å²) in [5.41, 5.74) is 0. The SMILES string of the molecule is CCCn1nccc1NC(=O)N1CCN2CCOCC2C1. The lowest BCUT2D eigenvalue weighted by molar-refractivity contribution is -0.0355. The van der Waals surface area contributed by atoms with E-state index in [4.69, 9.17) is 4.74 Å². The van der Waals surface area contributed by atoms with E-state index in [0.717, 1.165) is 58.2 Å². The number of rotatable bonds is 3. The Morgan fingerprint density at radius 3 is 3.24 bits per heavy atom. The maximum atomic E-state index is 12.4. The van der Waals surface area contributed by atoms with Gasteiger partial charge in [0.15, 0.2) is 0 Å². The number of piperazine rings is 1. The Hall–Kier alpha value is -1.60. The van der Waals surface area contributed by atoms with Crippen LogP contribution in [0, 0.1) is 0 Å². The molecule has 0 aliphatic carbocycles. The fourth-order valence-corrected chi connectivity index (χ4v) is 2.95. The van der Waals surface area contributed by atoms with Gasteiger partial charge in [-0.05, 0) is 6.42 Å². The molecule has 2 fully saturated rings. The Balaban J connectivity index is 1.59. The van der Waals surface area contributed by atoms with E-state index in [9.17, 15) is 4.79 Å². The van der Waals surface area contributed by atoms with Crippen molar-refractivity contribution >= 4 is 11.8 Å². The minimum absolute atomic E-state index is 0.0434. The van der Waals surface area contributed by atoms with Gasteiger partial charge in [-0.25, -0.2) is 9.48 Å². The molecular formula is C14H23N5O2. The van der Waals surface area contributed by atoms with Crippen LogP contribution in [0.5, 0.6) is 0 Å². The number of nitrogens with one attached hydrogen (secondary N) is 1. The van der Waals surface area contributed by atoms with Gasteiger partial charge in [0.2, 0.25) is 0 Å². The molecule has 116 valence electrons. The summed E-state index contributed by atoms with van der Waals surface area (Å²) in [5, 5.41) is 7.19. The summed E-state index contributed by atoms with van der Waals surface area (Å²) in [7, 11) is 0. The molecule has 0 aromatic carbocycles. The second-order valence-electron chi connectivity index (χ2n) is 5.58. The Kier molecular flexibility index (Phi) is 4.40. The lowest BCUT2D eigenvalue weighted by Gasteiger charge is -2.43. The van der Waals surface area contributed by atoms with Gasteiger partial charge in [-0.1, -0.05) is 6.92 Å². The first-order chi connectivity index (χ1) is 10.3. The minimum Gasteiger partial charge on any atom is -0.378 e. The molecule has 3 heterocycles. The molecule has 7 nitrogen and oxygen atoms in total. The maximum absolute atomic E-state index is 12.4. The zero-order valence-corrected chi connectivity index (χ0v) is 12.5. The Bertz CT molecular complexity index is 489. The molecule has 3 rings (SSSR count). The van der Waals surface area contributed by atoms with Gasteiger partial charge in [0.05, 0.1) is 25.5 Å². The molecule has 2 amide bonds. The third-order valence-corrected chi connectivity index (χ3v) is 4.11. The van der Waals surface area contributed by atoms with Gasteiger partial charge in [-0.2, -0.15) is 5.10 Å². The first-order valence-corrected chi connectivity index (χ1v) is 7.67. The topological polar surface area (TPSA) is 62.6 Å². The van der Waals surface area contributed by atoms with E-state index in [-0.39, 0.29) is 6.03 Å². The highest BCUT2D eigenvalue weighted by Gasteiger charge is 2.31. The average molecular weight is 293 g/mol. The van der Waals surface area contributed by atoms with Crippen LogP contribution in [-0.4, -0.2) is 71.0 Å². The highest BCUT2D eigenvalue weighted by Crippen LogP contribution is 2.15. The number of amides is 2. The molecule has 1 atom stereocenters. The first-order valence-electron chi connectivity index (χ1n) is 7.67. The minimum atomic E-state index is -0.0434. The Morgan fingerprint density at radius 1 is 1.48 bits per heavy atom. The molecular weight excluding hydrogens is 270 g/mol. The molecule has 2 aliphatic heterocycles. The number of fused-ring (bicyclic) bond motifs is 1. The molecule has 1 aromatic heterocycles. The summed E-state index contributed by atoms with van der Waals surface area (Å²) >= 11 is 0. The van der Waals surface area contributed by atoms with Crippen molar-refractivity contribution < 1.29 is 9.53 Å². The lowest BCUT2D eigenvalue weighted by atomic mass is 10.1. The van der Waals surface area contributed by atoms with Crippen LogP contribution in [0.4, 0.5) is 10.6 Å². The summed E-state index contributed by atoms with van der Waals surface area (Å²) in [6, 6.07) is 2.13. The quantitative estimate of drug-likeness (QED) is 0.897. The first kappa shape index (κ1) is 14.3. The van der Waals surface area contributed by atoms with Crippen LogP contribution in [0.3, 0.4) is 0 Å². The number of aryl methyl sites for hydroxylation is 1. The van der Waals surface area contributed by atoms with Crippen molar-refractivity contribution in [2.45, 2.75) is 25.9 Å². The second-order valence-corrected chi connectivity index (χ2v) is 5.58. The van der Waals surface area contributed by atoms with Crippen LogP contribution in [0.15, 0.2) is 12.3 Å². The van der Waals surface area contributed by atoms with Gasteiger partial charge in [-0.3, -0.25) is 10.2 Å². The van der Waals surface area contributed by atoms with Gasteiger partial charge in [0.25, 0.3) is 0 Å². The normalized spacial score (nSPS) is 22.9. The fourth-order valence-electron chi connectivity index (χ4n) is 2.95. The number of morpholine rings is 1. The predicted octanol–water partition coefficient (Wildman–Crippen LogP) is 0.841. The van der Waals surface area contributed by atoms with E-state index < -0.39 is 0 Å². The summed E-state index contributed by atoms with van der Waals surface area (Å²) in [6.45, 7) is 7.83. The lowest BCUT2D eigenvalue weighted by Crippen LogP contribution is -2.59. The number of hydrogen-bond acceptors (Lipinski definition) is 4. The molecule has 7 heteroatoms. The number of carbonyl (C=O) groups excluding carboxylic acids is 1. The largest absolute Gasteiger partial charge is 0.378 e. The van der Waals surface area contributed by atoms with Crippen molar-refractivity contribution in [3.05, 3.63) is 12.3 Å². The molecule has 0 bridgehead atoms. The van der Waals surface area contributed by atoms with Crippen molar-refractivity contribution in [2.75, 3.05) is 44.7 Å². The highest BCUT2D eigenvalue weighted by molar-refractivity contribution is 5.88. The molecule has 0 radical (unpaired) electrons. The molecule has 1 N–H and O–H groups in total. The molecule has 1 aromatic rings. The number of anilines is 1. The molecule has 21 heavy (non-hydrogen) atoms. The van der Waals surface area contributed by atoms with E-state index in [1.54, 1.807) is 6.20 Å². The van der Waals surface area contributed by atoms with Gasteiger partial charge >= 0.3 is 6.03 Å². The van der Waals surface area contributed by atoms with Crippen LogP contribution < -0.4 is 5.32 Å². The van der Waals surface area contributed by atoms with Crippen molar-refractivity contribution in [1.82, 2.24) is 19.6 Å². The summed E-state index contributed by atoms with van der Waals surface area (Å²) in [4.78, 5) is 16.7. The highest BCUT2D eigenvalue weighted by atomic mass is 16.5. The number of carbonyl (C=O) groups is 1. The molecule has 2 aliphatic rings. The number of nitrogens with zero attached hydrogens (tertiary/aromatic N) is 4. The molecule has 1 unspecified atom stereocenters. The smallest absolute Gasteiger partial charge is 0.323 e. The number of urea groups is 1. The van der Waals surface area contributed by atoms with Crippen molar-refractivity contribution in [3.8, 4) is 0 Å². The summed E-state index contributed by atoms with van der Waals surface area (Å²) < 4.78 is 7.34. The Morgan fingerprint density at radius 2 is 2.38 bits per heavy atom. The van der Waals surface area contributed by atoms with E-state index in [0.29, 0.717) is 6.04 Å². The monoisotopic (exact) mass is 293 g/mol. The van der Waals surface area contributed by atoms with E-state index in [1.165, 1.54) is 0 Å². The number of hydrogen-bond donors (Lipinski definition) is 1. The zero-order chi connectivity index (χ0) is 14.7. The van der Waals surface area contributed by atoms with Gasteiger partial charge in [-0.15, -0.1) is 0 Å². The third-order valence-electron chi connectivity index (χ3n) is 4.11. The van der Waals surface area contributed by atoms with Gasteiger partial charge in [0.1, 0.15) is 5.82 Å². The third kappa shape index (κ3) is 3.19. The Labute approximate surface area is 124 Å². The van der Waals surface area contributed by atoms with Crippen LogP contribution in [0.1, 0.15) is 13.3 Å². The molecule has 2 saturated heterocycles. The number of ether oxygens (including phenoxy) is 1. The van der Waals surface area contributed by atoms with Gasteiger partial charge < -0.3 is 9.64 Å². The van der Waals surface area contributed by atoms with Crippen molar-refractivity contribution in [2.24, 2.45) is 0 Å². The van der Waals surface area contributed by atoms with Crippen LogP contribution in [0.25, 0.3) is 0 Å². The van der Waals surface area contributed by atoms with E-state index >= 15 is 0 Å². The number of aromatic nitrogens is 2. The summed E-state index contributed by atoms with van der Waals surface area (Å²) in [5.74, 6) is 0.768. The fraction of sp³-hybridized carbons (Fsp3) is 0.714. The molecule has 0 spiro atoms. The summed E-state index contributed by atoms with van der Waals surface area (Å²) in [6.07, 6.45) is 2.71. The van der Waals surface area contributed by atoms with Crippen molar-refractivity contribution in [1.29, 1.82) is 0 Å². The van der Waals surface area contributed by atoms with Gasteiger partial charge in [0, 0.05) is 38.8 Å². The van der Waals surface area contributed by atoms with Crippen LogP contribution >= 0.6 is 0 Å². The van der Waals surface area contributed by atoms with Crippen LogP contribution in [-0.2, 0) is 11.3 Å². The average Bonchev–Trinajstić information content (AvgIpc) is 2.94. The predicted molar refractivity (Wildman–Crippen MR) is 79.3 cm³/mol. The van der Waals surface area contributed by atoms with E-state index in [1.807, 2.05) is 15.6 Å².